The number of Topliss-reactive ketones (excluding diaryl/α,β-unsaturated/α-hetero) is 1. The third kappa shape index (κ3) is 4.66. The average Bonchev–Trinajstić information content (AvgIpc) is 2.47. The summed E-state index contributed by atoms with van der Waals surface area (Å²) in [5.41, 5.74) is 0.866. The summed E-state index contributed by atoms with van der Waals surface area (Å²) < 4.78 is 4.88. The van der Waals surface area contributed by atoms with Crippen LogP contribution in [0.1, 0.15) is 31.1 Å². The molecule has 0 unspecified atom stereocenters. The molecule has 116 valence electrons. The van der Waals surface area contributed by atoms with E-state index in [2.05, 4.69) is 0 Å². The number of allylic oxidation sites excluding steroid dienone is 3. The Labute approximate surface area is 128 Å². The number of benzene rings is 1. The lowest BCUT2D eigenvalue weighted by atomic mass is 10.0. The lowest BCUT2D eigenvalue weighted by molar-refractivity contribution is -0.384. The van der Waals surface area contributed by atoms with Gasteiger partial charge in [-0.2, -0.15) is 0 Å². The molecule has 0 radical (unpaired) electrons. The van der Waals surface area contributed by atoms with Gasteiger partial charge in [-0.05, 0) is 39.0 Å². The summed E-state index contributed by atoms with van der Waals surface area (Å²) in [6.07, 6.45) is 3.03. The zero-order valence-electron chi connectivity index (χ0n) is 12.7. The van der Waals surface area contributed by atoms with E-state index in [1.165, 1.54) is 30.3 Å². The number of hydrogen-bond donors (Lipinski definition) is 0. The van der Waals surface area contributed by atoms with Gasteiger partial charge in [0.05, 0.1) is 11.5 Å². The highest BCUT2D eigenvalue weighted by atomic mass is 16.6. The first-order valence-electron chi connectivity index (χ1n) is 6.68. The number of nitrogens with zero attached hydrogens (tertiary/aromatic N) is 1. The Morgan fingerprint density at radius 3 is 2.23 bits per heavy atom. The van der Waals surface area contributed by atoms with Gasteiger partial charge in [0.25, 0.3) is 5.69 Å². The molecule has 0 bridgehead atoms. The minimum absolute atomic E-state index is 0.114. The van der Waals surface area contributed by atoms with Gasteiger partial charge in [-0.15, -0.1) is 0 Å². The SMILES string of the molecule is CCOC(=O)C(=CC=C(C)C)C(=O)c1ccc([N+](=O)[O-])cc1. The Bertz CT molecular complexity index is 637. The number of carbonyl (C=O) groups excluding carboxylic acids is 2. The number of ketones is 1. The molecule has 1 aromatic rings. The second-order valence-corrected chi connectivity index (χ2v) is 4.68. The van der Waals surface area contributed by atoms with Crippen LogP contribution >= 0.6 is 0 Å². The third-order valence-electron chi connectivity index (χ3n) is 2.66. The van der Waals surface area contributed by atoms with Gasteiger partial charge < -0.3 is 4.74 Å². The van der Waals surface area contributed by atoms with Crippen molar-refractivity contribution in [3.8, 4) is 0 Å². The minimum Gasteiger partial charge on any atom is -0.462 e. The van der Waals surface area contributed by atoms with Crippen molar-refractivity contribution in [3.63, 3.8) is 0 Å². The van der Waals surface area contributed by atoms with Gasteiger partial charge >= 0.3 is 5.97 Å². The van der Waals surface area contributed by atoms with Crippen molar-refractivity contribution in [2.75, 3.05) is 6.61 Å². The lowest BCUT2D eigenvalue weighted by Gasteiger charge is -2.06. The molecule has 6 heteroatoms. The van der Waals surface area contributed by atoms with E-state index in [0.29, 0.717) is 0 Å². The van der Waals surface area contributed by atoms with Crippen LogP contribution in [0.15, 0.2) is 47.6 Å². The molecule has 0 saturated heterocycles. The van der Waals surface area contributed by atoms with Crippen molar-refractivity contribution in [1.29, 1.82) is 0 Å². The zero-order chi connectivity index (χ0) is 16.7. The van der Waals surface area contributed by atoms with Crippen LogP contribution in [0, 0.1) is 10.1 Å². The van der Waals surface area contributed by atoms with Gasteiger partial charge in [0.2, 0.25) is 0 Å². The number of hydrogen-bond acceptors (Lipinski definition) is 5. The number of ether oxygens (including phenoxy) is 1. The maximum Gasteiger partial charge on any atom is 0.342 e. The van der Waals surface area contributed by atoms with Crippen LogP contribution in [-0.4, -0.2) is 23.3 Å². The standard InChI is InChI=1S/C16H17NO5/c1-4-22-16(19)14(10-5-11(2)3)15(18)12-6-8-13(9-7-12)17(20)21/h5-10H,4H2,1-3H3. The summed E-state index contributed by atoms with van der Waals surface area (Å²) in [5, 5.41) is 10.6. The van der Waals surface area contributed by atoms with Crippen molar-refractivity contribution >= 4 is 17.4 Å². The van der Waals surface area contributed by atoms with Crippen LogP contribution in [0.3, 0.4) is 0 Å². The molecule has 1 rings (SSSR count). The first kappa shape index (κ1) is 17.3. The van der Waals surface area contributed by atoms with Crippen LogP contribution in [0.5, 0.6) is 0 Å². The first-order valence-corrected chi connectivity index (χ1v) is 6.68. The van der Waals surface area contributed by atoms with Gasteiger partial charge in [0, 0.05) is 17.7 Å². The fourth-order valence-corrected chi connectivity index (χ4v) is 1.59. The predicted molar refractivity (Wildman–Crippen MR) is 81.6 cm³/mol. The van der Waals surface area contributed by atoms with Crippen LogP contribution in [0.2, 0.25) is 0 Å². The van der Waals surface area contributed by atoms with Gasteiger partial charge in [-0.1, -0.05) is 11.6 Å². The van der Waals surface area contributed by atoms with Crippen molar-refractivity contribution in [1.82, 2.24) is 0 Å². The highest BCUT2D eigenvalue weighted by Gasteiger charge is 2.21. The molecular formula is C16H17NO5. The largest absolute Gasteiger partial charge is 0.462 e. The van der Waals surface area contributed by atoms with Crippen LogP contribution in [0.4, 0.5) is 5.69 Å². The molecule has 0 atom stereocenters. The van der Waals surface area contributed by atoms with Crippen molar-refractivity contribution in [2.24, 2.45) is 0 Å². The van der Waals surface area contributed by atoms with Crippen LogP contribution in [-0.2, 0) is 9.53 Å². The highest BCUT2D eigenvalue weighted by molar-refractivity contribution is 6.24. The minimum atomic E-state index is -0.719. The van der Waals surface area contributed by atoms with E-state index in [1.807, 2.05) is 13.8 Å². The normalized spacial score (nSPS) is 10.8. The summed E-state index contributed by atoms with van der Waals surface area (Å²) in [6.45, 7) is 5.45. The van der Waals surface area contributed by atoms with Crippen molar-refractivity contribution in [2.45, 2.75) is 20.8 Å². The van der Waals surface area contributed by atoms with Crippen LogP contribution < -0.4 is 0 Å². The molecule has 0 aliphatic rings. The zero-order valence-corrected chi connectivity index (χ0v) is 12.7. The Morgan fingerprint density at radius 2 is 1.77 bits per heavy atom. The summed E-state index contributed by atoms with van der Waals surface area (Å²) in [7, 11) is 0. The third-order valence-corrected chi connectivity index (χ3v) is 2.66. The second kappa shape index (κ2) is 7.87. The maximum absolute atomic E-state index is 12.4. The summed E-state index contributed by atoms with van der Waals surface area (Å²) in [6, 6.07) is 5.07. The number of nitro benzene ring substituents is 1. The molecular weight excluding hydrogens is 286 g/mol. The van der Waals surface area contributed by atoms with Gasteiger partial charge in [0.15, 0.2) is 5.78 Å². The molecule has 0 saturated carbocycles. The second-order valence-electron chi connectivity index (χ2n) is 4.68. The molecule has 1 aromatic carbocycles. The Hall–Kier alpha value is -2.76. The number of non-ortho nitro benzene ring substituents is 1. The number of nitro groups is 1. The van der Waals surface area contributed by atoms with Gasteiger partial charge in [-0.3, -0.25) is 14.9 Å². The lowest BCUT2D eigenvalue weighted by Crippen LogP contribution is -2.16. The highest BCUT2D eigenvalue weighted by Crippen LogP contribution is 2.16. The summed E-state index contributed by atoms with van der Waals surface area (Å²) in [4.78, 5) is 34.3. The number of carbonyl (C=O) groups is 2. The average molecular weight is 303 g/mol. The monoisotopic (exact) mass is 303 g/mol. The van der Waals surface area contributed by atoms with Gasteiger partial charge in [-0.25, -0.2) is 4.79 Å². The Morgan fingerprint density at radius 1 is 1.18 bits per heavy atom. The van der Waals surface area contributed by atoms with E-state index in [1.54, 1.807) is 13.0 Å². The van der Waals surface area contributed by atoms with E-state index in [9.17, 15) is 19.7 Å². The molecule has 0 aromatic heterocycles. The Kier molecular flexibility index (Phi) is 6.19. The molecule has 0 aliphatic heterocycles. The van der Waals surface area contributed by atoms with Crippen molar-refractivity contribution in [3.05, 3.63) is 63.2 Å². The van der Waals surface area contributed by atoms with Gasteiger partial charge in [0.1, 0.15) is 5.57 Å². The predicted octanol–water partition coefficient (Wildman–Crippen LogP) is 3.23. The topological polar surface area (TPSA) is 86.5 Å². The summed E-state index contributed by atoms with van der Waals surface area (Å²) >= 11 is 0. The molecule has 6 nitrogen and oxygen atoms in total. The van der Waals surface area contributed by atoms with Crippen LogP contribution in [0.25, 0.3) is 0 Å². The Balaban J connectivity index is 3.16. The molecule has 0 aliphatic carbocycles. The van der Waals surface area contributed by atoms with E-state index in [4.69, 9.17) is 4.74 Å². The first-order chi connectivity index (χ1) is 10.4. The molecule has 0 N–H and O–H groups in total. The molecule has 0 spiro atoms. The maximum atomic E-state index is 12.4. The van der Waals surface area contributed by atoms with E-state index in [0.717, 1.165) is 5.57 Å². The molecule has 0 fully saturated rings. The quantitative estimate of drug-likeness (QED) is 0.118. The summed E-state index contributed by atoms with van der Waals surface area (Å²) in [5.74, 6) is -1.26. The fraction of sp³-hybridized carbons (Fsp3) is 0.250. The fourth-order valence-electron chi connectivity index (χ4n) is 1.59. The molecule has 0 heterocycles. The molecule has 0 amide bonds. The van der Waals surface area contributed by atoms with E-state index in [-0.39, 0.29) is 23.4 Å². The number of esters is 1. The number of rotatable bonds is 6. The smallest absolute Gasteiger partial charge is 0.342 e. The van der Waals surface area contributed by atoms with E-state index >= 15 is 0 Å². The van der Waals surface area contributed by atoms with E-state index < -0.39 is 16.7 Å². The molecule has 22 heavy (non-hydrogen) atoms. The van der Waals surface area contributed by atoms with Crippen molar-refractivity contribution < 1.29 is 19.2 Å².